The Labute approximate surface area is 350 Å². The maximum absolute atomic E-state index is 11.2. The van der Waals surface area contributed by atoms with Crippen molar-refractivity contribution in [1.82, 2.24) is 0 Å². The predicted octanol–water partition coefficient (Wildman–Crippen LogP) is 3.01. The molecule has 2 aromatic carbocycles. The molecule has 0 aromatic heterocycles. The monoisotopic (exact) mass is 859 g/mol. The van der Waals surface area contributed by atoms with Crippen molar-refractivity contribution in [3.8, 4) is 5.75 Å². The third-order valence-electron chi connectivity index (χ3n) is 7.56. The number of hydrogen-bond acceptors (Lipinski definition) is 19. The van der Waals surface area contributed by atoms with Gasteiger partial charge in [-0.1, -0.05) is 0 Å². The van der Waals surface area contributed by atoms with E-state index < -0.39 is 9.85 Å². The maximum Gasteiger partial charge on any atom is 0.299 e. The molecule has 0 radical (unpaired) electrons. The van der Waals surface area contributed by atoms with Crippen LogP contribution in [-0.4, -0.2) is 188 Å². The Kier molecular flexibility index (Phi) is 33.0. The summed E-state index contributed by atoms with van der Waals surface area (Å²) < 4.78 is 71.1. The van der Waals surface area contributed by atoms with Crippen molar-refractivity contribution in [2.24, 2.45) is 0 Å². The summed E-state index contributed by atoms with van der Waals surface area (Å²) in [6.45, 7) is 11.2. The first-order valence-corrected chi connectivity index (χ1v) is 19.8. The standard InChI is InChI=1S/C39H61N3O18/c43-34-35-1-4-37(5-2-35)60-32-31-59-30-29-58-28-27-57-26-25-56-24-23-55-22-21-54-20-19-53-18-17-52-16-15-51-14-13-50-12-11-49-10-9-48-8-7-40-38-6-3-36(41(44)45)33-39(38)42(46)47/h1-6,33-34,40H,7-32H2. The molecule has 0 unspecified atom stereocenters. The molecule has 21 heteroatoms. The van der Waals surface area contributed by atoms with Crippen LogP contribution in [-0.2, 0) is 56.8 Å². The number of carbonyl (C=O) groups is 1. The van der Waals surface area contributed by atoms with Crippen molar-refractivity contribution in [3.63, 3.8) is 0 Å². The molecule has 0 saturated heterocycles. The van der Waals surface area contributed by atoms with Gasteiger partial charge in [0.25, 0.3) is 11.4 Å². The highest BCUT2D eigenvalue weighted by molar-refractivity contribution is 5.74. The van der Waals surface area contributed by atoms with Gasteiger partial charge in [0.05, 0.1) is 174 Å². The van der Waals surface area contributed by atoms with Gasteiger partial charge in [-0.25, -0.2) is 0 Å². The molecule has 1 N–H and O–H groups in total. The van der Waals surface area contributed by atoms with Gasteiger partial charge in [0.2, 0.25) is 0 Å². The lowest BCUT2D eigenvalue weighted by molar-refractivity contribution is -0.393. The van der Waals surface area contributed by atoms with Crippen LogP contribution in [0.15, 0.2) is 42.5 Å². The normalized spacial score (nSPS) is 11.2. The number of nitrogens with zero attached hydrogens (tertiary/aromatic N) is 2. The molecule has 0 heterocycles. The minimum atomic E-state index is -0.683. The second-order valence-corrected chi connectivity index (χ2v) is 12.0. The number of nitrogens with one attached hydrogen (secondary N) is 1. The second-order valence-electron chi connectivity index (χ2n) is 12.0. The molecule has 0 aliphatic carbocycles. The van der Waals surface area contributed by atoms with Gasteiger partial charge in [0.15, 0.2) is 0 Å². The van der Waals surface area contributed by atoms with Crippen molar-refractivity contribution < 1.29 is 76.2 Å². The number of nitro benzene ring substituents is 2. The van der Waals surface area contributed by atoms with Gasteiger partial charge < -0.3 is 66.9 Å². The number of benzene rings is 2. The van der Waals surface area contributed by atoms with E-state index >= 15 is 0 Å². The molecule has 0 fully saturated rings. The average Bonchev–Trinajstić information content (AvgIpc) is 3.25. The van der Waals surface area contributed by atoms with E-state index in [2.05, 4.69) is 5.32 Å². The van der Waals surface area contributed by atoms with Crippen LogP contribution in [0.5, 0.6) is 5.75 Å². The fraction of sp³-hybridized carbons (Fsp3) is 0.667. The Morgan fingerprint density at radius 2 is 0.767 bits per heavy atom. The summed E-state index contributed by atoms with van der Waals surface area (Å²) >= 11 is 0. The first-order valence-electron chi connectivity index (χ1n) is 19.8. The lowest BCUT2D eigenvalue weighted by Crippen LogP contribution is -2.16. The number of anilines is 1. The topological polar surface area (TPSA) is 235 Å². The Balaban J connectivity index is 1.17. The zero-order valence-electron chi connectivity index (χ0n) is 34.2. The number of nitro groups is 2. The summed E-state index contributed by atoms with van der Waals surface area (Å²) in [5.41, 5.74) is 0.0688. The van der Waals surface area contributed by atoms with Crippen LogP contribution in [0.25, 0.3) is 0 Å². The highest BCUT2D eigenvalue weighted by Crippen LogP contribution is 2.28. The van der Waals surface area contributed by atoms with E-state index in [4.69, 9.17) is 61.6 Å². The summed E-state index contributed by atoms with van der Waals surface area (Å²) in [5.74, 6) is 0.692. The molecule has 0 bridgehead atoms. The minimum absolute atomic E-state index is 0.181. The van der Waals surface area contributed by atoms with E-state index in [1.807, 2.05) is 0 Å². The van der Waals surface area contributed by atoms with Crippen LogP contribution >= 0.6 is 0 Å². The summed E-state index contributed by atoms with van der Waals surface area (Å²) in [7, 11) is 0. The van der Waals surface area contributed by atoms with Crippen molar-refractivity contribution in [3.05, 3.63) is 68.3 Å². The highest BCUT2D eigenvalue weighted by atomic mass is 16.6. The third-order valence-corrected chi connectivity index (χ3v) is 7.56. The maximum atomic E-state index is 11.2. The summed E-state index contributed by atoms with van der Waals surface area (Å²) in [6.07, 6.45) is 0.790. The Morgan fingerprint density at radius 1 is 0.433 bits per heavy atom. The molecule has 2 rings (SSSR count). The van der Waals surface area contributed by atoms with Gasteiger partial charge in [-0.2, -0.15) is 0 Å². The first-order chi connectivity index (χ1) is 29.5. The molecule has 60 heavy (non-hydrogen) atoms. The van der Waals surface area contributed by atoms with Gasteiger partial charge in [-0.15, -0.1) is 0 Å². The van der Waals surface area contributed by atoms with Crippen LogP contribution in [0, 0.1) is 20.2 Å². The van der Waals surface area contributed by atoms with E-state index in [0.717, 1.165) is 12.4 Å². The van der Waals surface area contributed by atoms with Crippen molar-refractivity contribution in [2.75, 3.05) is 177 Å². The molecule has 340 valence electrons. The quantitative estimate of drug-likeness (QED) is 0.0436. The fourth-order valence-corrected chi connectivity index (χ4v) is 4.57. The number of carbonyl (C=O) groups excluding carboxylic acids is 1. The zero-order valence-corrected chi connectivity index (χ0v) is 34.2. The summed E-state index contributed by atoms with van der Waals surface area (Å²) in [5, 5.41) is 24.8. The Hall–Kier alpha value is -3.97. The van der Waals surface area contributed by atoms with E-state index in [1.165, 1.54) is 12.1 Å². The average molecular weight is 860 g/mol. The SMILES string of the molecule is O=Cc1ccc(OCCOCCOCCOCCOCCOCCOCCOCCOCCOCCOCCOCCOCCNc2ccc([N+](=O)[O-])cc2[N+](=O)[O-])cc1. The van der Waals surface area contributed by atoms with Crippen molar-refractivity contribution in [1.29, 1.82) is 0 Å². The van der Waals surface area contributed by atoms with Gasteiger partial charge >= 0.3 is 0 Å². The first kappa shape index (κ1) is 52.2. The summed E-state index contributed by atoms with van der Waals surface area (Å²) in [6, 6.07) is 10.3. The molecule has 0 amide bonds. The molecular formula is C39H61N3O18. The Bertz CT molecular complexity index is 1360. The van der Waals surface area contributed by atoms with Crippen molar-refractivity contribution in [2.45, 2.75) is 0 Å². The lowest BCUT2D eigenvalue weighted by Gasteiger charge is -2.09. The highest BCUT2D eigenvalue weighted by Gasteiger charge is 2.19. The molecule has 21 nitrogen and oxygen atoms in total. The van der Waals surface area contributed by atoms with Crippen LogP contribution in [0.1, 0.15) is 10.4 Å². The predicted molar refractivity (Wildman–Crippen MR) is 215 cm³/mol. The largest absolute Gasteiger partial charge is 0.491 e. The van der Waals surface area contributed by atoms with Crippen LogP contribution in [0.4, 0.5) is 17.1 Å². The van der Waals surface area contributed by atoms with Gasteiger partial charge in [-0.05, 0) is 30.3 Å². The van der Waals surface area contributed by atoms with E-state index in [-0.39, 0.29) is 30.2 Å². The van der Waals surface area contributed by atoms with E-state index in [0.29, 0.717) is 170 Å². The van der Waals surface area contributed by atoms with Gasteiger partial charge in [0.1, 0.15) is 24.3 Å². The zero-order chi connectivity index (χ0) is 43.0. The molecule has 0 aliphatic heterocycles. The number of hydrogen-bond donors (Lipinski definition) is 1. The van der Waals surface area contributed by atoms with Crippen LogP contribution in [0.2, 0.25) is 0 Å². The van der Waals surface area contributed by atoms with Crippen LogP contribution < -0.4 is 10.1 Å². The molecule has 0 aliphatic rings. The second kappa shape index (κ2) is 38.0. The fourth-order valence-electron chi connectivity index (χ4n) is 4.57. The number of aldehydes is 1. The Morgan fingerprint density at radius 3 is 1.08 bits per heavy atom. The lowest BCUT2D eigenvalue weighted by atomic mass is 10.2. The molecule has 0 saturated carbocycles. The van der Waals surface area contributed by atoms with Gasteiger partial charge in [-0.3, -0.25) is 25.0 Å². The molecule has 0 spiro atoms. The van der Waals surface area contributed by atoms with E-state index in [1.54, 1.807) is 24.3 Å². The van der Waals surface area contributed by atoms with Gasteiger partial charge in [0, 0.05) is 18.2 Å². The van der Waals surface area contributed by atoms with Crippen molar-refractivity contribution >= 4 is 23.3 Å². The third kappa shape index (κ3) is 29.3. The summed E-state index contributed by atoms with van der Waals surface area (Å²) in [4.78, 5) is 31.3. The van der Waals surface area contributed by atoms with E-state index in [9.17, 15) is 25.0 Å². The number of rotatable bonds is 44. The number of ether oxygens (including phenoxy) is 13. The molecule has 0 atom stereocenters. The minimum Gasteiger partial charge on any atom is -0.491 e. The molecule has 2 aromatic rings. The molecular weight excluding hydrogens is 798 g/mol. The van der Waals surface area contributed by atoms with Crippen LogP contribution in [0.3, 0.4) is 0 Å². The smallest absolute Gasteiger partial charge is 0.299 e. The number of non-ortho nitro benzene ring substituents is 1.